The number of amides is 1. The third-order valence-electron chi connectivity index (χ3n) is 5.10. The van der Waals surface area contributed by atoms with E-state index in [0.717, 1.165) is 18.9 Å². The number of esters is 3. The maximum absolute atomic E-state index is 12.8. The van der Waals surface area contributed by atoms with E-state index in [9.17, 15) is 27.6 Å². The Morgan fingerprint density at radius 1 is 1.02 bits per heavy atom. The summed E-state index contributed by atoms with van der Waals surface area (Å²) in [6, 6.07) is 10.7. The molecule has 2 rings (SSSR count). The third-order valence-corrected chi connectivity index (χ3v) is 6.01. The van der Waals surface area contributed by atoms with Crippen molar-refractivity contribution in [2.24, 2.45) is 5.14 Å². The summed E-state index contributed by atoms with van der Waals surface area (Å²) in [5.41, 5.74) is -0.0300. The van der Waals surface area contributed by atoms with Crippen LogP contribution < -0.4 is 20.5 Å². The fourth-order valence-electron chi connectivity index (χ4n) is 3.16. The molecular formula is C26H33N3O10S. The maximum atomic E-state index is 12.8. The van der Waals surface area contributed by atoms with Gasteiger partial charge in [0.25, 0.3) is 5.91 Å². The number of nitrogens with one attached hydrogen (secondary N) is 2. The van der Waals surface area contributed by atoms with Gasteiger partial charge in [-0.3, -0.25) is 9.59 Å². The monoisotopic (exact) mass is 579 g/mol. The van der Waals surface area contributed by atoms with Crippen molar-refractivity contribution >= 4 is 39.5 Å². The van der Waals surface area contributed by atoms with Crippen LogP contribution in [0.25, 0.3) is 0 Å². The van der Waals surface area contributed by atoms with Gasteiger partial charge in [-0.15, -0.1) is 0 Å². The number of anilines is 1. The van der Waals surface area contributed by atoms with Crippen molar-refractivity contribution in [2.45, 2.75) is 44.6 Å². The number of sulfonamides is 1. The number of unbranched alkanes of at least 4 members (excludes halogenated alkanes) is 1. The fraction of sp³-hybridized carbons (Fsp3) is 0.385. The van der Waals surface area contributed by atoms with Crippen LogP contribution in [0.3, 0.4) is 0 Å². The molecular weight excluding hydrogens is 546 g/mol. The van der Waals surface area contributed by atoms with E-state index in [1.54, 1.807) is 37.3 Å². The number of nitrogens with two attached hydrogens (primary N) is 1. The van der Waals surface area contributed by atoms with Crippen LogP contribution in [0, 0.1) is 0 Å². The number of primary sulfonamides is 1. The average Bonchev–Trinajstić information content (AvgIpc) is 2.91. The Labute approximate surface area is 232 Å². The molecule has 0 heterocycles. The molecule has 1 unspecified atom stereocenters. The smallest absolute Gasteiger partial charge is 0.347 e. The SMILES string of the molecule is CCCCNc1cc(C(=O)OCC(=O)NCC(=O)OC(C)C(=O)OCC)cc(S(N)(=O)=O)c1Oc1ccccc1. The lowest BCUT2D eigenvalue weighted by Gasteiger charge is -2.17. The van der Waals surface area contributed by atoms with Gasteiger partial charge < -0.3 is 29.6 Å². The highest BCUT2D eigenvalue weighted by molar-refractivity contribution is 7.89. The first-order chi connectivity index (χ1) is 19.0. The summed E-state index contributed by atoms with van der Waals surface area (Å²) in [4.78, 5) is 47.7. The zero-order chi connectivity index (χ0) is 29.7. The van der Waals surface area contributed by atoms with Crippen molar-refractivity contribution < 1.29 is 46.5 Å². The highest BCUT2D eigenvalue weighted by atomic mass is 32.2. The fourth-order valence-corrected chi connectivity index (χ4v) is 3.86. The summed E-state index contributed by atoms with van der Waals surface area (Å²) in [6.45, 7) is 4.06. The lowest BCUT2D eigenvalue weighted by atomic mass is 10.1. The zero-order valence-electron chi connectivity index (χ0n) is 22.4. The van der Waals surface area contributed by atoms with Crippen LogP contribution in [0.5, 0.6) is 11.5 Å². The maximum Gasteiger partial charge on any atom is 0.347 e. The van der Waals surface area contributed by atoms with Crippen LogP contribution in [0.2, 0.25) is 0 Å². The lowest BCUT2D eigenvalue weighted by Crippen LogP contribution is -2.36. The van der Waals surface area contributed by atoms with Gasteiger partial charge >= 0.3 is 17.9 Å². The molecule has 0 aliphatic rings. The van der Waals surface area contributed by atoms with Crippen molar-refractivity contribution in [2.75, 3.05) is 31.6 Å². The minimum atomic E-state index is -4.37. The predicted octanol–water partition coefficient (Wildman–Crippen LogP) is 2.11. The van der Waals surface area contributed by atoms with E-state index in [2.05, 4.69) is 10.6 Å². The van der Waals surface area contributed by atoms with Gasteiger partial charge in [0, 0.05) is 6.54 Å². The number of hydrogen-bond acceptors (Lipinski definition) is 11. The Bertz CT molecular complexity index is 1300. The first-order valence-electron chi connectivity index (χ1n) is 12.4. The molecule has 0 saturated carbocycles. The van der Waals surface area contributed by atoms with Gasteiger partial charge in [-0.25, -0.2) is 23.1 Å². The Hall–Kier alpha value is -4.17. The van der Waals surface area contributed by atoms with Crippen molar-refractivity contribution in [1.29, 1.82) is 0 Å². The van der Waals surface area contributed by atoms with Gasteiger partial charge in [0.1, 0.15) is 17.2 Å². The standard InChI is InChI=1S/C26H33N3O10S/c1-4-6-12-28-20-13-18(14-21(40(27,34)35)24(20)39-19-10-8-7-9-11-19)26(33)37-16-22(30)29-15-23(31)38-17(3)25(32)36-5-2/h7-11,13-14,17,28H,4-6,12,15-16H2,1-3H3,(H,29,30)(H2,27,34,35). The number of benzene rings is 2. The summed E-state index contributed by atoms with van der Waals surface area (Å²) in [7, 11) is -4.37. The van der Waals surface area contributed by atoms with Crippen molar-refractivity contribution in [3.05, 3.63) is 48.0 Å². The number of ether oxygens (including phenoxy) is 4. The van der Waals surface area contributed by atoms with Gasteiger partial charge in [-0.2, -0.15) is 0 Å². The first kappa shape index (κ1) is 32.0. The molecule has 2 aromatic rings. The molecule has 0 fully saturated rings. The van der Waals surface area contributed by atoms with Crippen molar-refractivity contribution in [3.8, 4) is 11.5 Å². The van der Waals surface area contributed by atoms with Crippen LogP contribution >= 0.6 is 0 Å². The molecule has 0 radical (unpaired) electrons. The molecule has 0 aliphatic carbocycles. The largest absolute Gasteiger partial charge is 0.463 e. The molecule has 14 heteroatoms. The summed E-state index contributed by atoms with van der Waals surface area (Å²) >= 11 is 0. The number of carbonyl (C=O) groups is 4. The molecule has 0 spiro atoms. The predicted molar refractivity (Wildman–Crippen MR) is 143 cm³/mol. The Balaban J connectivity index is 2.15. The number of rotatable bonds is 15. The van der Waals surface area contributed by atoms with Gasteiger partial charge in [-0.1, -0.05) is 31.5 Å². The van der Waals surface area contributed by atoms with Gasteiger partial charge in [0.15, 0.2) is 18.5 Å². The van der Waals surface area contributed by atoms with Gasteiger partial charge in [0.05, 0.1) is 17.9 Å². The highest BCUT2D eigenvalue weighted by Crippen LogP contribution is 2.37. The van der Waals surface area contributed by atoms with Crippen LogP contribution in [0.15, 0.2) is 47.4 Å². The quantitative estimate of drug-likeness (QED) is 0.159. The normalized spacial score (nSPS) is 11.6. The first-order valence-corrected chi connectivity index (χ1v) is 14.0. The highest BCUT2D eigenvalue weighted by Gasteiger charge is 2.25. The molecule has 4 N–H and O–H groups in total. The van der Waals surface area contributed by atoms with Crippen LogP contribution in [-0.2, 0) is 38.6 Å². The minimum Gasteiger partial charge on any atom is -0.463 e. The average molecular weight is 580 g/mol. The van der Waals surface area contributed by atoms with E-state index >= 15 is 0 Å². The summed E-state index contributed by atoms with van der Waals surface area (Å²) in [5.74, 6) is -3.27. The van der Waals surface area contributed by atoms with Gasteiger partial charge in [0.2, 0.25) is 10.0 Å². The molecule has 2 aromatic carbocycles. The Morgan fingerprint density at radius 3 is 2.35 bits per heavy atom. The topological polar surface area (TPSA) is 189 Å². The second kappa shape index (κ2) is 15.4. The Kier molecular flexibility index (Phi) is 12.4. The van der Waals surface area contributed by atoms with Crippen LogP contribution in [0.1, 0.15) is 44.0 Å². The van der Waals surface area contributed by atoms with E-state index in [4.69, 9.17) is 24.1 Å². The van der Waals surface area contributed by atoms with E-state index in [0.29, 0.717) is 12.3 Å². The minimum absolute atomic E-state index is 0.102. The third kappa shape index (κ3) is 10.2. The van der Waals surface area contributed by atoms with Gasteiger partial charge in [-0.05, 0) is 44.5 Å². The van der Waals surface area contributed by atoms with Crippen LogP contribution in [0.4, 0.5) is 5.69 Å². The molecule has 0 saturated heterocycles. The molecule has 1 atom stereocenters. The second-order valence-electron chi connectivity index (χ2n) is 8.33. The lowest BCUT2D eigenvalue weighted by molar-refractivity contribution is -0.165. The summed E-state index contributed by atoms with van der Waals surface area (Å²) in [5, 5.41) is 10.7. The molecule has 13 nitrogen and oxygen atoms in total. The van der Waals surface area contributed by atoms with E-state index in [1.807, 2.05) is 6.92 Å². The molecule has 0 aliphatic heterocycles. The Morgan fingerprint density at radius 2 is 1.73 bits per heavy atom. The molecule has 218 valence electrons. The van der Waals surface area contributed by atoms with Crippen molar-refractivity contribution in [3.63, 3.8) is 0 Å². The van der Waals surface area contributed by atoms with E-state index in [1.165, 1.54) is 13.0 Å². The number of hydrogen-bond donors (Lipinski definition) is 3. The molecule has 40 heavy (non-hydrogen) atoms. The second-order valence-corrected chi connectivity index (χ2v) is 9.86. The number of carbonyl (C=O) groups excluding carboxylic acids is 4. The number of para-hydroxylation sites is 1. The van der Waals surface area contributed by atoms with Crippen molar-refractivity contribution in [1.82, 2.24) is 5.32 Å². The molecule has 1 amide bonds. The summed E-state index contributed by atoms with van der Waals surface area (Å²) in [6.07, 6.45) is 0.422. The molecule has 0 aromatic heterocycles. The summed E-state index contributed by atoms with van der Waals surface area (Å²) < 4.78 is 45.3. The zero-order valence-corrected chi connectivity index (χ0v) is 23.2. The molecule has 0 bridgehead atoms. The van der Waals surface area contributed by atoms with E-state index < -0.39 is 58.0 Å². The van der Waals surface area contributed by atoms with Crippen LogP contribution in [-0.4, -0.2) is 64.6 Å². The van der Waals surface area contributed by atoms with E-state index in [-0.39, 0.29) is 23.6 Å².